The van der Waals surface area contributed by atoms with Gasteiger partial charge in [-0.3, -0.25) is 33.2 Å². The molecule has 0 unspecified atom stereocenters. The van der Waals surface area contributed by atoms with Crippen molar-refractivity contribution in [3.8, 4) is 0 Å². The van der Waals surface area contributed by atoms with E-state index in [0.29, 0.717) is 15.6 Å². The number of fused-ring (bicyclic) bond motifs is 1. The van der Waals surface area contributed by atoms with Crippen LogP contribution in [0.25, 0.3) is 11.8 Å². The Bertz CT molecular complexity index is 1730. The molecule has 1 fully saturated rings. The van der Waals surface area contributed by atoms with Crippen LogP contribution in [0.2, 0.25) is 0 Å². The molecule has 0 saturated carbocycles. The lowest BCUT2D eigenvalue weighted by Crippen LogP contribution is -2.37. The minimum Gasteiger partial charge on any atom is -0.480 e. The van der Waals surface area contributed by atoms with Crippen molar-refractivity contribution in [2.24, 2.45) is 0 Å². The first kappa shape index (κ1) is 28.5. The predicted molar refractivity (Wildman–Crippen MR) is 147 cm³/mol. The minimum absolute atomic E-state index is 0.0220. The SMILES string of the molecule is CCN1C(=S)N(CC(=O)O)C(=O)/C1=c1/s/c(=C\C=C2\Sc3ccccc3N2CS(=O)(=O)O)c(=O)n1CC(=O)O. The third-order valence-corrected chi connectivity index (χ3v) is 8.79. The van der Waals surface area contributed by atoms with Crippen molar-refractivity contribution in [3.63, 3.8) is 0 Å². The lowest BCUT2D eigenvalue weighted by Gasteiger charge is -2.17. The lowest BCUT2D eigenvalue weighted by atomic mass is 10.3. The number of hydrogen-bond acceptors (Lipinski definition) is 10. The number of carbonyl (C=O) groups excluding carboxylic acids is 1. The average molecular weight is 613 g/mol. The zero-order valence-electron chi connectivity index (χ0n) is 20.0. The van der Waals surface area contributed by atoms with Gasteiger partial charge in [-0.1, -0.05) is 23.9 Å². The molecule has 2 aliphatic heterocycles. The van der Waals surface area contributed by atoms with Crippen LogP contribution in [0.1, 0.15) is 6.92 Å². The molecule has 3 heterocycles. The van der Waals surface area contributed by atoms with Gasteiger partial charge in [0.15, 0.2) is 11.0 Å². The molecule has 39 heavy (non-hydrogen) atoms. The van der Waals surface area contributed by atoms with Gasteiger partial charge in [0.2, 0.25) is 0 Å². The van der Waals surface area contributed by atoms with Gasteiger partial charge in [-0.15, -0.1) is 11.3 Å². The van der Waals surface area contributed by atoms with Gasteiger partial charge in [0.25, 0.3) is 21.6 Å². The Morgan fingerprint density at radius 1 is 1.03 bits per heavy atom. The molecule has 1 aromatic heterocycles. The summed E-state index contributed by atoms with van der Waals surface area (Å²) >= 11 is 7.29. The quantitative estimate of drug-likeness (QED) is 0.262. The van der Waals surface area contributed by atoms with Crippen molar-refractivity contribution in [3.05, 3.63) is 54.9 Å². The number of aliphatic carboxylic acids is 2. The summed E-state index contributed by atoms with van der Waals surface area (Å²) in [6, 6.07) is 6.89. The summed E-state index contributed by atoms with van der Waals surface area (Å²) in [5.41, 5.74) is -0.308. The molecule has 0 spiro atoms. The van der Waals surface area contributed by atoms with E-state index in [4.69, 9.17) is 12.2 Å². The summed E-state index contributed by atoms with van der Waals surface area (Å²) in [5, 5.41) is 18.9. The van der Waals surface area contributed by atoms with E-state index in [1.54, 1.807) is 31.2 Å². The van der Waals surface area contributed by atoms with Gasteiger partial charge in [0.05, 0.1) is 15.2 Å². The number of thiazole rings is 1. The molecule has 0 radical (unpaired) electrons. The van der Waals surface area contributed by atoms with E-state index in [0.717, 1.165) is 20.8 Å². The number of benzene rings is 1. The van der Waals surface area contributed by atoms with E-state index < -0.39 is 52.5 Å². The molecule has 2 aliphatic rings. The summed E-state index contributed by atoms with van der Waals surface area (Å²) < 4.78 is 33.7. The zero-order chi connectivity index (χ0) is 28.6. The third kappa shape index (κ3) is 5.76. The van der Waals surface area contributed by atoms with Crippen LogP contribution in [0.15, 0.2) is 45.1 Å². The van der Waals surface area contributed by atoms with Crippen LogP contribution in [-0.2, 0) is 31.0 Å². The molecule has 3 N–H and O–H groups in total. The van der Waals surface area contributed by atoms with Gasteiger partial charge < -0.3 is 20.0 Å². The fourth-order valence-electron chi connectivity index (χ4n) is 3.96. The molecule has 4 rings (SSSR count). The van der Waals surface area contributed by atoms with Crippen LogP contribution in [0.4, 0.5) is 5.69 Å². The summed E-state index contributed by atoms with van der Waals surface area (Å²) in [4.78, 5) is 53.6. The van der Waals surface area contributed by atoms with Crippen LogP contribution < -0.4 is 19.7 Å². The molecule has 1 amide bonds. The Balaban J connectivity index is 1.91. The van der Waals surface area contributed by atoms with E-state index in [-0.39, 0.29) is 26.5 Å². The zero-order valence-corrected chi connectivity index (χ0v) is 23.3. The van der Waals surface area contributed by atoms with E-state index in [2.05, 4.69) is 0 Å². The molecule has 2 aromatic rings. The standard InChI is InChI=1S/C22H20N4O9S4/c1-2-23-18(20(32)25(22(23)36)10-17(29)30)21-24(9-16(27)28)19(31)14(38-21)7-8-15-26(11-39(33,34)35)12-5-3-4-6-13(12)37-15/h3-8H,2,9-11H2,1H3,(H,27,28)(H,29,30)(H,33,34,35)/b14-7-,15-8+,21-18-. The fraction of sp³-hybridized carbons (Fsp3) is 0.227. The van der Waals surface area contributed by atoms with Gasteiger partial charge in [-0.25, -0.2) is 0 Å². The highest BCUT2D eigenvalue weighted by molar-refractivity contribution is 8.03. The summed E-state index contributed by atoms with van der Waals surface area (Å²) in [6.07, 6.45) is 2.82. The fourth-order valence-corrected chi connectivity index (χ4v) is 7.17. The number of anilines is 1. The molecule has 13 nitrogen and oxygen atoms in total. The maximum atomic E-state index is 13.3. The number of allylic oxidation sites excluding steroid dienone is 1. The minimum atomic E-state index is -4.41. The first-order chi connectivity index (χ1) is 18.3. The maximum absolute atomic E-state index is 13.3. The van der Waals surface area contributed by atoms with E-state index in [1.165, 1.54) is 33.7 Å². The van der Waals surface area contributed by atoms with Crippen LogP contribution in [0, 0.1) is 0 Å². The number of likely N-dealkylation sites (N-methyl/N-ethyl adjacent to an activating group) is 1. The highest BCUT2D eigenvalue weighted by atomic mass is 32.2. The second-order valence-corrected chi connectivity index (χ2v) is 12.0. The average Bonchev–Trinajstić information content (AvgIpc) is 3.42. The molecule has 1 saturated heterocycles. The number of nitrogens with zero attached hydrogens (tertiary/aromatic N) is 4. The highest BCUT2D eigenvalue weighted by Gasteiger charge is 2.40. The summed E-state index contributed by atoms with van der Waals surface area (Å²) in [5.74, 6) is -4.16. The lowest BCUT2D eigenvalue weighted by molar-refractivity contribution is -0.140. The number of thioether (sulfide) groups is 1. The number of carbonyl (C=O) groups is 3. The monoisotopic (exact) mass is 612 g/mol. The summed E-state index contributed by atoms with van der Waals surface area (Å²) in [7, 11) is -4.41. The number of hydrogen-bond donors (Lipinski definition) is 3. The van der Waals surface area contributed by atoms with Gasteiger partial charge in [-0.2, -0.15) is 8.42 Å². The Hall–Kier alpha value is -3.51. The molecular weight excluding hydrogens is 593 g/mol. The number of amides is 1. The van der Waals surface area contributed by atoms with Crippen LogP contribution >= 0.6 is 35.3 Å². The first-order valence-corrected chi connectivity index (χ1v) is 14.7. The molecule has 0 aliphatic carbocycles. The van der Waals surface area contributed by atoms with Crippen LogP contribution in [-0.4, -0.2) is 79.5 Å². The van der Waals surface area contributed by atoms with Crippen LogP contribution in [0.3, 0.4) is 0 Å². The third-order valence-electron chi connectivity index (χ3n) is 5.50. The first-order valence-electron chi connectivity index (χ1n) is 11.0. The smallest absolute Gasteiger partial charge is 0.323 e. The number of carboxylic acid groups (broad SMARTS) is 2. The van der Waals surface area contributed by atoms with Crippen molar-refractivity contribution >= 4 is 85.9 Å². The molecular formula is C22H20N4O9S4. The van der Waals surface area contributed by atoms with E-state index in [9.17, 15) is 42.4 Å². The second-order valence-electron chi connectivity index (χ2n) is 8.10. The largest absolute Gasteiger partial charge is 0.480 e. The predicted octanol–water partition coefficient (Wildman–Crippen LogP) is -0.284. The Kier molecular flexibility index (Phi) is 7.99. The Morgan fingerprint density at radius 2 is 1.69 bits per heavy atom. The van der Waals surface area contributed by atoms with Gasteiger partial charge >= 0.3 is 11.9 Å². The Morgan fingerprint density at radius 3 is 2.31 bits per heavy atom. The van der Waals surface area contributed by atoms with Crippen molar-refractivity contribution in [2.45, 2.75) is 18.4 Å². The number of thiocarbonyl (C=S) groups is 1. The molecule has 206 valence electrons. The van der Waals surface area contributed by atoms with Gasteiger partial charge in [-0.05, 0) is 43.4 Å². The van der Waals surface area contributed by atoms with Crippen LogP contribution in [0.5, 0.6) is 0 Å². The van der Waals surface area contributed by atoms with Crippen molar-refractivity contribution in [1.82, 2.24) is 14.4 Å². The molecule has 0 bridgehead atoms. The number of rotatable bonds is 8. The highest BCUT2D eigenvalue weighted by Crippen LogP contribution is 2.45. The van der Waals surface area contributed by atoms with Crippen molar-refractivity contribution < 1.29 is 37.6 Å². The topological polar surface area (TPSA) is 178 Å². The van der Waals surface area contributed by atoms with Gasteiger partial charge in [0.1, 0.15) is 23.4 Å². The van der Waals surface area contributed by atoms with Crippen molar-refractivity contribution in [1.29, 1.82) is 0 Å². The maximum Gasteiger partial charge on any atom is 0.323 e. The molecule has 1 aromatic carbocycles. The van der Waals surface area contributed by atoms with E-state index >= 15 is 0 Å². The molecule has 17 heteroatoms. The number of aromatic nitrogens is 1. The van der Waals surface area contributed by atoms with Gasteiger partial charge in [0, 0.05) is 11.4 Å². The number of carboxylic acids is 2. The normalized spacial score (nSPS) is 18.5. The second kappa shape index (κ2) is 10.9. The number of para-hydroxylation sites is 1. The summed E-state index contributed by atoms with van der Waals surface area (Å²) in [6.45, 7) is 0.327. The molecule has 0 atom stereocenters. The van der Waals surface area contributed by atoms with E-state index in [1.807, 2.05) is 0 Å². The Labute approximate surface area is 234 Å². The van der Waals surface area contributed by atoms with Crippen molar-refractivity contribution in [2.75, 3.05) is 23.9 Å².